The van der Waals surface area contributed by atoms with Gasteiger partial charge in [-0.05, 0) is 31.2 Å². The number of esters is 1. The van der Waals surface area contributed by atoms with E-state index >= 15 is 0 Å². The van der Waals surface area contributed by atoms with Crippen molar-refractivity contribution in [2.75, 3.05) is 6.61 Å². The highest BCUT2D eigenvalue weighted by atomic mass is 35.5. The Labute approximate surface area is 162 Å². The highest BCUT2D eigenvalue weighted by Crippen LogP contribution is 2.28. The summed E-state index contributed by atoms with van der Waals surface area (Å²) in [5.41, 5.74) is -1.11. The van der Waals surface area contributed by atoms with Crippen molar-refractivity contribution in [3.8, 4) is 0 Å². The minimum absolute atomic E-state index is 0.0502. The van der Waals surface area contributed by atoms with Gasteiger partial charge in [-0.2, -0.15) is 0 Å². The summed E-state index contributed by atoms with van der Waals surface area (Å²) >= 11 is 11.7. The van der Waals surface area contributed by atoms with Gasteiger partial charge in [-0.3, -0.25) is 4.99 Å². The van der Waals surface area contributed by atoms with Gasteiger partial charge in [-0.1, -0.05) is 23.2 Å². The fourth-order valence-electron chi connectivity index (χ4n) is 1.99. The molecule has 0 bridgehead atoms. The number of nitrogens with zero attached hydrogens (tertiary/aromatic N) is 1. The van der Waals surface area contributed by atoms with E-state index in [9.17, 15) is 23.1 Å². The Morgan fingerprint density at radius 1 is 1.15 bits per heavy atom. The van der Waals surface area contributed by atoms with E-state index in [1.165, 1.54) is 25.1 Å². The van der Waals surface area contributed by atoms with Crippen LogP contribution in [0.4, 0.5) is 18.9 Å². The van der Waals surface area contributed by atoms with Crippen molar-refractivity contribution >= 4 is 46.8 Å². The molecular formula is C18H12Cl2F3NO3. The molecule has 27 heavy (non-hydrogen) atoms. The van der Waals surface area contributed by atoms with Gasteiger partial charge in [0, 0.05) is 17.3 Å². The van der Waals surface area contributed by atoms with Gasteiger partial charge in [0.05, 0.1) is 22.9 Å². The van der Waals surface area contributed by atoms with Crippen LogP contribution in [0.3, 0.4) is 0 Å². The third kappa shape index (κ3) is 5.02. The predicted octanol–water partition coefficient (Wildman–Crippen LogP) is 5.65. The maximum Gasteiger partial charge on any atom is 0.343 e. The highest BCUT2D eigenvalue weighted by Gasteiger charge is 2.21. The van der Waals surface area contributed by atoms with Gasteiger partial charge in [0.1, 0.15) is 17.1 Å². The van der Waals surface area contributed by atoms with E-state index in [0.717, 1.165) is 6.21 Å². The topological polar surface area (TPSA) is 58.9 Å². The van der Waals surface area contributed by atoms with Crippen LogP contribution in [0, 0.1) is 17.5 Å². The molecule has 0 aliphatic heterocycles. The lowest BCUT2D eigenvalue weighted by molar-refractivity contribution is -0.137. The minimum Gasteiger partial charge on any atom is -0.506 e. The van der Waals surface area contributed by atoms with Crippen LogP contribution >= 0.6 is 23.2 Å². The summed E-state index contributed by atoms with van der Waals surface area (Å²) in [7, 11) is 0. The Bertz CT molecular complexity index is 946. The Morgan fingerprint density at radius 3 is 2.44 bits per heavy atom. The molecule has 4 nitrogen and oxygen atoms in total. The normalized spacial score (nSPS) is 12.2. The summed E-state index contributed by atoms with van der Waals surface area (Å²) in [4.78, 5) is 16.0. The average molecular weight is 418 g/mol. The molecule has 0 unspecified atom stereocenters. The number of halogens is 5. The zero-order valence-electron chi connectivity index (χ0n) is 13.8. The van der Waals surface area contributed by atoms with E-state index in [1.807, 2.05) is 0 Å². The van der Waals surface area contributed by atoms with Crippen molar-refractivity contribution in [1.29, 1.82) is 0 Å². The van der Waals surface area contributed by atoms with Crippen LogP contribution in [0.2, 0.25) is 10.0 Å². The predicted molar refractivity (Wildman–Crippen MR) is 97.1 cm³/mol. The van der Waals surface area contributed by atoms with Gasteiger partial charge >= 0.3 is 5.97 Å². The monoisotopic (exact) mass is 417 g/mol. The second kappa shape index (κ2) is 8.92. The van der Waals surface area contributed by atoms with Crippen molar-refractivity contribution in [3.63, 3.8) is 0 Å². The zero-order valence-corrected chi connectivity index (χ0v) is 15.3. The quantitative estimate of drug-likeness (QED) is 0.225. The molecule has 2 aromatic rings. The van der Waals surface area contributed by atoms with E-state index in [-0.39, 0.29) is 23.4 Å². The number of rotatable bonds is 5. The first-order valence-corrected chi connectivity index (χ1v) is 8.24. The number of carbonyl (C=O) groups excluding carboxylic acids is 1. The maximum atomic E-state index is 13.9. The average Bonchev–Trinajstić information content (AvgIpc) is 2.60. The molecule has 0 heterocycles. The molecule has 0 aliphatic rings. The summed E-state index contributed by atoms with van der Waals surface area (Å²) in [6, 6.07) is 5.00. The van der Waals surface area contributed by atoms with Crippen molar-refractivity contribution in [3.05, 3.63) is 69.0 Å². The molecule has 0 radical (unpaired) electrons. The molecule has 0 saturated carbocycles. The van der Waals surface area contributed by atoms with Gasteiger partial charge in [0.15, 0.2) is 11.6 Å². The van der Waals surface area contributed by atoms with Crippen LogP contribution in [0.15, 0.2) is 40.9 Å². The lowest BCUT2D eigenvalue weighted by Crippen LogP contribution is -2.12. The van der Waals surface area contributed by atoms with Crippen molar-refractivity contribution in [1.82, 2.24) is 0 Å². The lowest BCUT2D eigenvalue weighted by Gasteiger charge is -2.08. The third-order valence-corrected chi connectivity index (χ3v) is 3.80. The lowest BCUT2D eigenvalue weighted by atomic mass is 10.1. The zero-order chi connectivity index (χ0) is 20.1. The van der Waals surface area contributed by atoms with Crippen LogP contribution in [0.25, 0.3) is 5.76 Å². The third-order valence-electron chi connectivity index (χ3n) is 3.26. The Balaban J connectivity index is 2.57. The number of benzene rings is 2. The van der Waals surface area contributed by atoms with Crippen LogP contribution < -0.4 is 0 Å². The fourth-order valence-corrected chi connectivity index (χ4v) is 2.45. The van der Waals surface area contributed by atoms with E-state index in [1.54, 1.807) is 0 Å². The maximum absolute atomic E-state index is 13.9. The number of aliphatic hydroxyl groups excluding tert-OH is 1. The molecule has 1 N–H and O–H groups in total. The second-order valence-corrected chi connectivity index (χ2v) is 5.93. The number of carbonyl (C=O) groups is 1. The molecule has 0 fully saturated rings. The molecule has 2 rings (SSSR count). The van der Waals surface area contributed by atoms with E-state index in [0.29, 0.717) is 11.1 Å². The summed E-state index contributed by atoms with van der Waals surface area (Å²) in [5.74, 6) is -6.14. The van der Waals surface area contributed by atoms with Gasteiger partial charge < -0.3 is 9.84 Å². The van der Waals surface area contributed by atoms with E-state index in [4.69, 9.17) is 27.9 Å². The molecule has 142 valence electrons. The molecule has 0 atom stereocenters. The molecular weight excluding hydrogens is 406 g/mol. The summed E-state index contributed by atoms with van der Waals surface area (Å²) in [6.45, 7) is 1.46. The Morgan fingerprint density at radius 2 is 1.81 bits per heavy atom. The first-order valence-electron chi connectivity index (χ1n) is 7.49. The van der Waals surface area contributed by atoms with E-state index < -0.39 is 40.3 Å². The number of hydrogen-bond donors (Lipinski definition) is 1. The van der Waals surface area contributed by atoms with Crippen LogP contribution in [-0.2, 0) is 9.53 Å². The smallest absolute Gasteiger partial charge is 0.343 e. The van der Waals surface area contributed by atoms with Crippen LogP contribution in [0.5, 0.6) is 0 Å². The molecule has 9 heteroatoms. The molecule has 0 aromatic heterocycles. The number of aliphatic hydroxyl groups is 1. The largest absolute Gasteiger partial charge is 0.506 e. The van der Waals surface area contributed by atoms with Crippen LogP contribution in [0.1, 0.15) is 12.5 Å². The van der Waals surface area contributed by atoms with E-state index in [2.05, 4.69) is 4.99 Å². The van der Waals surface area contributed by atoms with Gasteiger partial charge in [0.25, 0.3) is 0 Å². The Hall–Kier alpha value is -2.51. The molecule has 0 aliphatic carbocycles. The van der Waals surface area contributed by atoms with Crippen molar-refractivity contribution in [2.45, 2.75) is 6.92 Å². The highest BCUT2D eigenvalue weighted by molar-refractivity contribution is 6.36. The van der Waals surface area contributed by atoms with Crippen LogP contribution in [-0.4, -0.2) is 23.9 Å². The molecule has 0 amide bonds. The Kier molecular flexibility index (Phi) is 6.87. The molecule has 2 aromatic carbocycles. The summed E-state index contributed by atoms with van der Waals surface area (Å²) < 4.78 is 45.2. The van der Waals surface area contributed by atoms with Crippen molar-refractivity contribution in [2.24, 2.45) is 4.99 Å². The standard InChI is InChI=1S/C18H12Cl2F3NO3/c1-2-27-18(26)11(8-24-16-4-3-9(19)5-12(16)20)17(25)10-6-14(22)15(23)7-13(10)21/h3-8,25H,2H2,1H3/b17-11+,24-8?. The second-order valence-electron chi connectivity index (χ2n) is 5.08. The number of aliphatic imine (C=N–C) groups is 1. The number of ether oxygens (including phenoxy) is 1. The first-order chi connectivity index (χ1) is 12.7. The molecule has 0 saturated heterocycles. The van der Waals surface area contributed by atoms with Crippen molar-refractivity contribution < 1.29 is 27.8 Å². The summed E-state index contributed by atoms with van der Waals surface area (Å²) in [5, 5.41) is 10.8. The van der Waals surface area contributed by atoms with Gasteiger partial charge in [0.2, 0.25) is 0 Å². The SMILES string of the molecule is CCOC(=O)/C(C=Nc1ccc(Cl)cc1Cl)=C(/O)c1cc(F)c(F)cc1F. The van der Waals surface area contributed by atoms with Gasteiger partial charge in [-0.15, -0.1) is 0 Å². The number of hydrogen-bond acceptors (Lipinski definition) is 4. The fraction of sp³-hybridized carbons (Fsp3) is 0.111. The minimum atomic E-state index is -1.44. The summed E-state index contributed by atoms with van der Waals surface area (Å²) in [6.07, 6.45) is 0.878. The first kappa shape index (κ1) is 20.8. The molecule has 0 spiro atoms. The van der Waals surface area contributed by atoms with Gasteiger partial charge in [-0.25, -0.2) is 18.0 Å².